The molecule has 1 heterocycles. The van der Waals surface area contributed by atoms with Gasteiger partial charge in [-0.15, -0.1) is 11.6 Å². The smallest absolute Gasteiger partial charge is 0.409 e. The number of fused-ring (bicyclic) bond motifs is 1. The molecule has 0 bridgehead atoms. The topological polar surface area (TPSA) is 73.9 Å². The van der Waals surface area contributed by atoms with Crippen LogP contribution in [0.4, 0.5) is 4.79 Å². The van der Waals surface area contributed by atoms with Crippen LogP contribution in [0, 0.1) is 0 Å². The van der Waals surface area contributed by atoms with Crippen LogP contribution in [0.25, 0.3) is 10.8 Å². The molecule has 2 rings (SSSR count). The molecule has 0 aliphatic heterocycles. The van der Waals surface area contributed by atoms with Crippen LogP contribution < -0.4 is 0 Å². The molecule has 1 unspecified atom stereocenters. The van der Waals surface area contributed by atoms with Crippen molar-refractivity contribution in [3.05, 3.63) is 36.3 Å². The third-order valence-corrected chi connectivity index (χ3v) is 3.27. The summed E-state index contributed by atoms with van der Waals surface area (Å²) in [5, 5.41) is 20.8. The van der Waals surface area contributed by atoms with Crippen molar-refractivity contribution in [2.75, 3.05) is 12.9 Å². The number of aliphatic hydroxyl groups is 1. The maximum atomic E-state index is 11.0. The average Bonchev–Trinajstić information content (AvgIpc) is 2.81. The summed E-state index contributed by atoms with van der Waals surface area (Å²) in [5.41, 5.74) is -1.89. The van der Waals surface area contributed by atoms with Crippen molar-refractivity contribution in [3.63, 3.8) is 0 Å². The summed E-state index contributed by atoms with van der Waals surface area (Å²) >= 11 is 5.72. The van der Waals surface area contributed by atoms with Gasteiger partial charge >= 0.3 is 6.09 Å². The molecule has 0 saturated carbocycles. The van der Waals surface area contributed by atoms with Gasteiger partial charge in [0.2, 0.25) is 5.72 Å². The Morgan fingerprint density at radius 1 is 1.50 bits per heavy atom. The second-order valence-corrected chi connectivity index (χ2v) is 4.21. The minimum Gasteiger partial charge on any atom is -0.465 e. The highest BCUT2D eigenvalue weighted by molar-refractivity contribution is 6.18. The van der Waals surface area contributed by atoms with Crippen molar-refractivity contribution >= 4 is 28.5 Å². The summed E-state index contributed by atoms with van der Waals surface area (Å²) in [6, 6.07) is 7.14. The summed E-state index contributed by atoms with van der Waals surface area (Å²) in [7, 11) is 1.24. The maximum absolute atomic E-state index is 11.0. The monoisotopic (exact) mass is 269 g/mol. The number of hydrogen-bond donors (Lipinski definition) is 2. The van der Waals surface area contributed by atoms with Gasteiger partial charge in [0.05, 0.1) is 12.1 Å². The number of benzene rings is 1. The largest absolute Gasteiger partial charge is 0.465 e. The van der Waals surface area contributed by atoms with E-state index in [4.69, 9.17) is 21.1 Å². The number of furan rings is 1. The third kappa shape index (κ3) is 1.81. The lowest BCUT2D eigenvalue weighted by atomic mass is 10.1. The van der Waals surface area contributed by atoms with Gasteiger partial charge in [0.1, 0.15) is 0 Å². The van der Waals surface area contributed by atoms with Crippen LogP contribution in [-0.4, -0.2) is 34.1 Å². The van der Waals surface area contributed by atoms with Crippen LogP contribution in [0.3, 0.4) is 0 Å². The normalized spacial score (nSPS) is 14.4. The fraction of sp³-hybridized carbons (Fsp3) is 0.250. The molecule has 18 heavy (non-hydrogen) atoms. The highest BCUT2D eigenvalue weighted by atomic mass is 35.5. The fourth-order valence-electron chi connectivity index (χ4n) is 1.76. The first-order valence-corrected chi connectivity index (χ1v) is 5.76. The molecule has 0 aliphatic rings. The van der Waals surface area contributed by atoms with Crippen LogP contribution in [-0.2, 0) is 5.72 Å². The molecule has 96 valence electrons. The van der Waals surface area contributed by atoms with E-state index < -0.39 is 11.8 Å². The van der Waals surface area contributed by atoms with Crippen molar-refractivity contribution in [2.45, 2.75) is 5.72 Å². The molecule has 2 N–H and O–H groups in total. The summed E-state index contributed by atoms with van der Waals surface area (Å²) in [5.74, 6) is -0.203. The van der Waals surface area contributed by atoms with E-state index in [0.29, 0.717) is 5.39 Å². The van der Waals surface area contributed by atoms with Gasteiger partial charge in [-0.2, -0.15) is 0 Å². The van der Waals surface area contributed by atoms with Gasteiger partial charge in [-0.1, -0.05) is 24.3 Å². The van der Waals surface area contributed by atoms with Gasteiger partial charge in [-0.25, -0.2) is 4.79 Å². The van der Waals surface area contributed by atoms with Crippen molar-refractivity contribution in [1.82, 2.24) is 4.90 Å². The van der Waals surface area contributed by atoms with Gasteiger partial charge in [0.25, 0.3) is 0 Å². The van der Waals surface area contributed by atoms with E-state index in [1.807, 2.05) is 6.07 Å². The van der Waals surface area contributed by atoms with Gasteiger partial charge < -0.3 is 14.6 Å². The molecule has 1 aromatic heterocycles. The number of halogens is 1. The molecule has 2 aromatic rings. The van der Waals surface area contributed by atoms with E-state index >= 15 is 0 Å². The van der Waals surface area contributed by atoms with Crippen molar-refractivity contribution in [1.29, 1.82) is 0 Å². The van der Waals surface area contributed by atoms with E-state index in [0.717, 1.165) is 10.3 Å². The molecule has 0 saturated heterocycles. The van der Waals surface area contributed by atoms with Gasteiger partial charge in [-0.05, 0) is 0 Å². The molecule has 0 aliphatic carbocycles. The predicted octanol–water partition coefficient (Wildman–Crippen LogP) is 2.43. The van der Waals surface area contributed by atoms with Gasteiger partial charge in [0, 0.05) is 17.8 Å². The fourth-order valence-corrected chi connectivity index (χ4v) is 2.06. The minimum atomic E-state index is -1.89. The summed E-state index contributed by atoms with van der Waals surface area (Å²) in [4.78, 5) is 11.7. The molecule has 6 heteroatoms. The van der Waals surface area contributed by atoms with E-state index in [1.165, 1.54) is 13.3 Å². The molecule has 0 radical (unpaired) electrons. The molecule has 5 nitrogen and oxygen atoms in total. The Hall–Kier alpha value is -1.72. The van der Waals surface area contributed by atoms with Crippen LogP contribution in [0.1, 0.15) is 5.76 Å². The van der Waals surface area contributed by atoms with E-state index in [2.05, 4.69) is 0 Å². The molecular formula is C12H12ClNO4. The van der Waals surface area contributed by atoms with Crippen LogP contribution in [0.5, 0.6) is 0 Å². The lowest BCUT2D eigenvalue weighted by Crippen LogP contribution is -2.48. The first kappa shape index (κ1) is 12.7. The Balaban J connectivity index is 2.60. The SMILES string of the molecule is CN(C(=O)O)C(O)(CCl)c1occ2ccccc12. The molecule has 1 amide bonds. The number of nitrogens with zero attached hydrogens (tertiary/aromatic N) is 1. The zero-order valence-electron chi connectivity index (χ0n) is 9.63. The lowest BCUT2D eigenvalue weighted by Gasteiger charge is -2.31. The number of hydrogen-bond acceptors (Lipinski definition) is 3. The lowest BCUT2D eigenvalue weighted by molar-refractivity contribution is -0.0808. The van der Waals surface area contributed by atoms with Crippen LogP contribution in [0.2, 0.25) is 0 Å². The van der Waals surface area contributed by atoms with Crippen LogP contribution in [0.15, 0.2) is 34.9 Å². The minimum absolute atomic E-state index is 0.123. The number of carbonyl (C=O) groups is 1. The van der Waals surface area contributed by atoms with Crippen molar-refractivity contribution in [2.24, 2.45) is 0 Å². The second-order valence-electron chi connectivity index (χ2n) is 3.94. The van der Waals surface area contributed by atoms with Crippen LogP contribution >= 0.6 is 11.6 Å². The first-order chi connectivity index (χ1) is 8.50. The summed E-state index contributed by atoms with van der Waals surface area (Å²) in [6.07, 6.45) is 0.163. The number of alkyl halides is 1. The second kappa shape index (κ2) is 4.51. The highest BCUT2D eigenvalue weighted by Gasteiger charge is 2.40. The van der Waals surface area contributed by atoms with Gasteiger partial charge in [0.15, 0.2) is 5.76 Å². The number of carboxylic acid groups (broad SMARTS) is 1. The Bertz CT molecular complexity index is 582. The number of rotatable bonds is 3. The maximum Gasteiger partial charge on any atom is 0.409 e. The third-order valence-electron chi connectivity index (χ3n) is 2.90. The Labute approximate surface area is 108 Å². The zero-order chi connectivity index (χ0) is 13.3. The summed E-state index contributed by atoms with van der Waals surface area (Å²) < 4.78 is 5.30. The Morgan fingerprint density at radius 2 is 2.17 bits per heavy atom. The average molecular weight is 270 g/mol. The summed E-state index contributed by atoms with van der Waals surface area (Å²) in [6.45, 7) is 0. The van der Waals surface area contributed by atoms with Crippen molar-refractivity contribution < 1.29 is 19.4 Å². The molecular weight excluding hydrogens is 258 g/mol. The van der Waals surface area contributed by atoms with Crippen molar-refractivity contribution in [3.8, 4) is 0 Å². The highest BCUT2D eigenvalue weighted by Crippen LogP contribution is 2.33. The van der Waals surface area contributed by atoms with E-state index in [9.17, 15) is 9.90 Å². The Morgan fingerprint density at radius 3 is 2.78 bits per heavy atom. The standard InChI is InChI=1S/C12H12ClNO4/c1-14(11(15)16)12(17,7-13)10-9-5-3-2-4-8(9)6-18-10/h2-6,17H,7H2,1H3,(H,15,16). The quantitative estimate of drug-likeness (QED) is 0.663. The zero-order valence-corrected chi connectivity index (χ0v) is 10.4. The number of amides is 1. The predicted molar refractivity (Wildman–Crippen MR) is 66.6 cm³/mol. The molecule has 0 spiro atoms. The van der Waals surface area contributed by atoms with E-state index in [1.54, 1.807) is 18.2 Å². The Kier molecular flexibility index (Phi) is 3.19. The van der Waals surface area contributed by atoms with E-state index in [-0.39, 0.29) is 11.6 Å². The molecule has 0 fully saturated rings. The molecule has 1 atom stereocenters. The van der Waals surface area contributed by atoms with Gasteiger partial charge in [-0.3, -0.25) is 4.90 Å². The first-order valence-electron chi connectivity index (χ1n) is 5.22. The molecule has 1 aromatic carbocycles.